The zero-order valence-electron chi connectivity index (χ0n) is 25.5. The van der Waals surface area contributed by atoms with Crippen LogP contribution in [0.4, 0.5) is 17.1 Å². The van der Waals surface area contributed by atoms with E-state index in [1.165, 1.54) is 39.2 Å². The molecule has 5 aromatic rings. The number of nitriles is 1. The topological polar surface area (TPSA) is 39.9 Å². The molecule has 1 aromatic heterocycles. The molecule has 4 heteroatoms. The van der Waals surface area contributed by atoms with Crippen molar-refractivity contribution in [3.8, 4) is 6.07 Å². The van der Waals surface area contributed by atoms with Gasteiger partial charge < -0.3 is 4.90 Å². The number of nitrogens with zero attached hydrogens (tertiary/aromatic N) is 3. The number of para-hydroxylation sites is 3. The van der Waals surface area contributed by atoms with E-state index < -0.39 is 0 Å². The molecule has 1 aliphatic heterocycles. The Labute approximate surface area is 268 Å². The summed E-state index contributed by atoms with van der Waals surface area (Å²) in [4.78, 5) is 7.21. The highest BCUT2D eigenvalue weighted by molar-refractivity contribution is 7.19. The number of fused-ring (bicyclic) bond motifs is 4. The molecule has 0 radical (unpaired) electrons. The third kappa shape index (κ3) is 4.85. The Kier molecular flexibility index (Phi) is 6.66. The molecule has 3 aliphatic rings. The van der Waals surface area contributed by atoms with Crippen molar-refractivity contribution in [2.24, 2.45) is 11.3 Å². The minimum Gasteiger partial charge on any atom is -0.309 e. The van der Waals surface area contributed by atoms with Crippen molar-refractivity contribution < 1.29 is 0 Å². The van der Waals surface area contributed by atoms with Crippen LogP contribution in [0, 0.1) is 22.7 Å². The first-order valence-corrected chi connectivity index (χ1v) is 16.5. The molecule has 0 N–H and O–H groups in total. The smallest absolute Gasteiger partial charge is 0.135 e. The maximum Gasteiger partial charge on any atom is 0.135 e. The molecule has 0 saturated carbocycles. The Balaban J connectivity index is 1.17. The molecule has 2 heterocycles. The summed E-state index contributed by atoms with van der Waals surface area (Å²) in [5, 5.41) is 11.2. The summed E-state index contributed by atoms with van der Waals surface area (Å²) in [6.45, 7) is 4.72. The van der Waals surface area contributed by atoms with Gasteiger partial charge in [-0.25, -0.2) is 4.98 Å². The van der Waals surface area contributed by atoms with E-state index in [0.29, 0.717) is 11.5 Å². The highest BCUT2D eigenvalue weighted by Gasteiger charge is 2.38. The minimum atomic E-state index is 0.0612. The molecule has 0 amide bonds. The van der Waals surface area contributed by atoms with Crippen LogP contribution in [0.15, 0.2) is 120 Å². The Morgan fingerprint density at radius 1 is 0.844 bits per heavy atom. The molecular weight excluding hydrogens is 567 g/mol. The average molecular weight is 600 g/mol. The number of aromatic nitrogens is 1. The fraction of sp³-hybridized carbons (Fsp3) is 0.171. The second-order valence-electron chi connectivity index (χ2n) is 12.9. The fourth-order valence-corrected chi connectivity index (χ4v) is 8.39. The Hall–Kier alpha value is -4.98. The first-order valence-electron chi connectivity index (χ1n) is 15.7. The summed E-state index contributed by atoms with van der Waals surface area (Å²) in [7, 11) is 0. The van der Waals surface area contributed by atoms with Gasteiger partial charge in [0.15, 0.2) is 0 Å². The number of anilines is 3. The summed E-state index contributed by atoms with van der Waals surface area (Å²) in [5.41, 5.74) is 12.7. The number of rotatable bonds is 3. The van der Waals surface area contributed by atoms with Gasteiger partial charge in [-0.1, -0.05) is 98.8 Å². The lowest BCUT2D eigenvalue weighted by molar-refractivity contribution is 0.228. The van der Waals surface area contributed by atoms with Crippen LogP contribution in [-0.2, 0) is 0 Å². The molecule has 1 unspecified atom stereocenters. The number of hydrogen-bond acceptors (Lipinski definition) is 4. The average Bonchev–Trinajstić information content (AvgIpc) is 3.41. The van der Waals surface area contributed by atoms with E-state index in [2.05, 4.69) is 128 Å². The number of benzene rings is 4. The monoisotopic (exact) mass is 599 g/mol. The minimum absolute atomic E-state index is 0.0612. The fourth-order valence-electron chi connectivity index (χ4n) is 7.39. The zero-order valence-corrected chi connectivity index (χ0v) is 26.3. The van der Waals surface area contributed by atoms with Gasteiger partial charge in [0, 0.05) is 5.69 Å². The van der Waals surface area contributed by atoms with E-state index in [9.17, 15) is 5.26 Å². The summed E-state index contributed by atoms with van der Waals surface area (Å²) < 4.78 is 1.12. The van der Waals surface area contributed by atoms with Gasteiger partial charge in [0.1, 0.15) is 11.1 Å². The predicted molar refractivity (Wildman–Crippen MR) is 189 cm³/mol. The summed E-state index contributed by atoms with van der Waals surface area (Å²) in [6, 6.07) is 36.9. The first kappa shape index (κ1) is 27.6. The van der Waals surface area contributed by atoms with E-state index in [1.54, 1.807) is 11.3 Å². The van der Waals surface area contributed by atoms with Gasteiger partial charge in [0.05, 0.1) is 27.2 Å². The Morgan fingerprint density at radius 2 is 1.51 bits per heavy atom. The molecule has 218 valence electrons. The van der Waals surface area contributed by atoms with Gasteiger partial charge in [0.25, 0.3) is 0 Å². The largest absolute Gasteiger partial charge is 0.309 e. The van der Waals surface area contributed by atoms with Crippen molar-refractivity contribution in [3.63, 3.8) is 0 Å². The second kappa shape index (κ2) is 10.9. The van der Waals surface area contributed by atoms with Gasteiger partial charge >= 0.3 is 0 Å². The van der Waals surface area contributed by atoms with Crippen molar-refractivity contribution in [2.75, 3.05) is 4.90 Å². The summed E-state index contributed by atoms with van der Waals surface area (Å²) >= 11 is 1.61. The lowest BCUT2D eigenvalue weighted by Crippen LogP contribution is -2.31. The van der Waals surface area contributed by atoms with Gasteiger partial charge in [-0.05, 0) is 100 Å². The van der Waals surface area contributed by atoms with Crippen molar-refractivity contribution in [1.82, 2.24) is 4.98 Å². The van der Waals surface area contributed by atoms with E-state index in [0.717, 1.165) is 45.7 Å². The normalized spacial score (nSPS) is 19.4. The van der Waals surface area contributed by atoms with E-state index in [1.807, 2.05) is 18.2 Å². The SMILES string of the molecule is CC1(C)C/C(=C(/C#N)c2nc3ccccc3s2)C=C2C=C(c3ccc(N4c5ccccc5C=Cc5ccccc54)cc3)CCC21. The molecule has 0 fully saturated rings. The molecule has 8 rings (SSSR count). The predicted octanol–water partition coefficient (Wildman–Crippen LogP) is 11.4. The van der Waals surface area contributed by atoms with Crippen molar-refractivity contribution in [3.05, 3.63) is 142 Å². The Morgan fingerprint density at radius 3 is 2.20 bits per heavy atom. The van der Waals surface area contributed by atoms with Crippen LogP contribution >= 0.6 is 11.3 Å². The molecule has 45 heavy (non-hydrogen) atoms. The van der Waals surface area contributed by atoms with Gasteiger partial charge in [-0.3, -0.25) is 0 Å². The van der Waals surface area contributed by atoms with Crippen LogP contribution in [0.25, 0.3) is 33.5 Å². The van der Waals surface area contributed by atoms with E-state index >= 15 is 0 Å². The maximum absolute atomic E-state index is 10.3. The highest BCUT2D eigenvalue weighted by Crippen LogP contribution is 2.51. The van der Waals surface area contributed by atoms with E-state index in [4.69, 9.17) is 4.98 Å². The molecule has 0 bridgehead atoms. The van der Waals surface area contributed by atoms with Crippen LogP contribution in [0.3, 0.4) is 0 Å². The van der Waals surface area contributed by atoms with Crippen molar-refractivity contribution in [2.45, 2.75) is 33.1 Å². The second-order valence-corrected chi connectivity index (χ2v) is 13.9. The van der Waals surface area contributed by atoms with Crippen LogP contribution in [0.1, 0.15) is 54.8 Å². The Bertz CT molecular complexity index is 2050. The van der Waals surface area contributed by atoms with Gasteiger partial charge in [-0.2, -0.15) is 5.26 Å². The lowest BCUT2D eigenvalue weighted by atomic mass is 9.62. The maximum atomic E-state index is 10.3. The van der Waals surface area contributed by atoms with Gasteiger partial charge in [-0.15, -0.1) is 11.3 Å². The molecule has 0 spiro atoms. The summed E-state index contributed by atoms with van der Waals surface area (Å²) in [6.07, 6.45) is 12.2. The van der Waals surface area contributed by atoms with E-state index in [-0.39, 0.29) is 5.41 Å². The lowest BCUT2D eigenvalue weighted by Gasteiger charge is -2.42. The van der Waals surface area contributed by atoms with Crippen LogP contribution in [0.2, 0.25) is 0 Å². The molecule has 2 aliphatic carbocycles. The first-order chi connectivity index (χ1) is 22.0. The molecule has 1 atom stereocenters. The molecule has 4 aromatic carbocycles. The van der Waals surface area contributed by atoms with Crippen LogP contribution < -0.4 is 4.90 Å². The number of allylic oxidation sites excluding steroid dienone is 6. The van der Waals surface area contributed by atoms with Gasteiger partial charge in [0.2, 0.25) is 0 Å². The third-order valence-electron chi connectivity index (χ3n) is 9.61. The zero-order chi connectivity index (χ0) is 30.5. The summed E-state index contributed by atoms with van der Waals surface area (Å²) in [5.74, 6) is 0.470. The standard InChI is InChI=1S/C41H33N3S/c1-41(2)25-32(34(26-42)40-43-36-11-5-8-14-39(36)45-40)24-31-23-30(19-22-35(31)41)27-17-20-33(21-18-27)44-37-12-6-3-9-28(37)15-16-29-10-4-7-13-38(29)44/h3-18,20-21,23-24,35H,19,22,25H2,1-2H3/b34-32-. The van der Waals surface area contributed by atoms with Crippen LogP contribution in [0.5, 0.6) is 0 Å². The quantitative estimate of drug-likeness (QED) is 0.190. The number of thiazole rings is 1. The molecule has 0 saturated heterocycles. The van der Waals surface area contributed by atoms with Crippen LogP contribution in [-0.4, -0.2) is 4.98 Å². The van der Waals surface area contributed by atoms with Crippen molar-refractivity contribution in [1.29, 1.82) is 5.26 Å². The third-order valence-corrected chi connectivity index (χ3v) is 10.7. The molecule has 3 nitrogen and oxygen atoms in total. The highest BCUT2D eigenvalue weighted by atomic mass is 32.1. The number of hydrogen-bond donors (Lipinski definition) is 0. The molecular formula is C41H33N3S. The van der Waals surface area contributed by atoms with Crippen molar-refractivity contribution >= 4 is 61.9 Å².